The second kappa shape index (κ2) is 7.13. The standard InChI is InChI=1S/C15H24ClN3/c1-3-6-17-12-13-4-5-14(16)11-15(13)19-9-7-18(2)8-10-19/h4-5,11,17H,3,6-10,12H2,1-2H3. The summed E-state index contributed by atoms with van der Waals surface area (Å²) in [6.45, 7) is 8.58. The van der Waals surface area contributed by atoms with Gasteiger partial charge in [-0.15, -0.1) is 0 Å². The van der Waals surface area contributed by atoms with Crippen molar-refractivity contribution >= 4 is 17.3 Å². The second-order valence-corrected chi connectivity index (χ2v) is 5.68. The van der Waals surface area contributed by atoms with Gasteiger partial charge in [-0.05, 0) is 37.7 Å². The minimum Gasteiger partial charge on any atom is -0.369 e. The third kappa shape index (κ3) is 4.10. The van der Waals surface area contributed by atoms with Crippen molar-refractivity contribution in [2.45, 2.75) is 19.9 Å². The maximum Gasteiger partial charge on any atom is 0.0427 e. The van der Waals surface area contributed by atoms with Crippen molar-refractivity contribution in [2.75, 3.05) is 44.7 Å². The van der Waals surface area contributed by atoms with Crippen molar-refractivity contribution in [1.29, 1.82) is 0 Å². The Balaban J connectivity index is 2.10. The summed E-state index contributed by atoms with van der Waals surface area (Å²) in [6.07, 6.45) is 1.16. The molecule has 2 rings (SSSR count). The fourth-order valence-corrected chi connectivity index (χ4v) is 2.59. The third-order valence-electron chi connectivity index (χ3n) is 3.63. The van der Waals surface area contributed by atoms with Gasteiger partial charge in [0.05, 0.1) is 0 Å². The average molecular weight is 282 g/mol. The van der Waals surface area contributed by atoms with E-state index in [4.69, 9.17) is 11.6 Å². The number of rotatable bonds is 5. The molecule has 1 aromatic rings. The fourth-order valence-electron chi connectivity index (χ4n) is 2.43. The summed E-state index contributed by atoms with van der Waals surface area (Å²) in [7, 11) is 2.18. The van der Waals surface area contributed by atoms with Crippen LogP contribution >= 0.6 is 11.6 Å². The Hall–Kier alpha value is -0.770. The van der Waals surface area contributed by atoms with E-state index in [1.54, 1.807) is 0 Å². The SMILES string of the molecule is CCCNCc1ccc(Cl)cc1N1CCN(C)CC1. The Morgan fingerprint density at radius 3 is 2.63 bits per heavy atom. The van der Waals surface area contributed by atoms with Crippen LogP contribution in [0.5, 0.6) is 0 Å². The summed E-state index contributed by atoms with van der Waals surface area (Å²) in [5.41, 5.74) is 2.65. The van der Waals surface area contributed by atoms with Crippen molar-refractivity contribution in [3.8, 4) is 0 Å². The summed E-state index contributed by atoms with van der Waals surface area (Å²) in [6, 6.07) is 6.25. The molecule has 1 aromatic carbocycles. The zero-order chi connectivity index (χ0) is 13.7. The van der Waals surface area contributed by atoms with Gasteiger partial charge in [0.25, 0.3) is 0 Å². The van der Waals surface area contributed by atoms with Gasteiger partial charge in [0.2, 0.25) is 0 Å². The first-order chi connectivity index (χ1) is 9.20. The molecule has 3 nitrogen and oxygen atoms in total. The highest BCUT2D eigenvalue weighted by Crippen LogP contribution is 2.26. The smallest absolute Gasteiger partial charge is 0.0427 e. The summed E-state index contributed by atoms with van der Waals surface area (Å²) in [5.74, 6) is 0. The molecule has 106 valence electrons. The molecule has 0 aromatic heterocycles. The molecule has 0 radical (unpaired) electrons. The molecule has 1 fully saturated rings. The quantitative estimate of drug-likeness (QED) is 0.837. The Labute approximate surface area is 121 Å². The fraction of sp³-hybridized carbons (Fsp3) is 0.600. The minimum atomic E-state index is 0.827. The summed E-state index contributed by atoms with van der Waals surface area (Å²) in [5, 5.41) is 4.31. The Kier molecular flexibility index (Phi) is 5.49. The van der Waals surface area contributed by atoms with Gasteiger partial charge < -0.3 is 15.1 Å². The zero-order valence-corrected chi connectivity index (χ0v) is 12.7. The third-order valence-corrected chi connectivity index (χ3v) is 3.87. The second-order valence-electron chi connectivity index (χ2n) is 5.24. The summed E-state index contributed by atoms with van der Waals surface area (Å²) < 4.78 is 0. The van der Waals surface area contributed by atoms with E-state index < -0.39 is 0 Å². The van der Waals surface area contributed by atoms with Crippen LogP contribution in [0.1, 0.15) is 18.9 Å². The summed E-state index contributed by atoms with van der Waals surface area (Å²) >= 11 is 6.17. The maximum absolute atomic E-state index is 6.17. The van der Waals surface area contributed by atoms with E-state index in [9.17, 15) is 0 Å². The molecular weight excluding hydrogens is 258 g/mol. The van der Waals surface area contributed by atoms with Crippen LogP contribution < -0.4 is 10.2 Å². The number of hydrogen-bond acceptors (Lipinski definition) is 3. The Bertz CT molecular complexity index is 400. The maximum atomic E-state index is 6.17. The van der Waals surface area contributed by atoms with Crippen molar-refractivity contribution in [1.82, 2.24) is 10.2 Å². The molecule has 0 spiro atoms. The van der Waals surface area contributed by atoms with Crippen molar-refractivity contribution in [3.63, 3.8) is 0 Å². The predicted octanol–water partition coefficient (Wildman–Crippen LogP) is 2.59. The van der Waals surface area contributed by atoms with Crippen molar-refractivity contribution in [3.05, 3.63) is 28.8 Å². The van der Waals surface area contributed by atoms with Gasteiger partial charge in [0.15, 0.2) is 0 Å². The van der Waals surface area contributed by atoms with E-state index in [-0.39, 0.29) is 0 Å². The number of anilines is 1. The number of benzene rings is 1. The number of hydrogen-bond donors (Lipinski definition) is 1. The van der Waals surface area contributed by atoms with Crippen LogP contribution in [0.2, 0.25) is 5.02 Å². The molecule has 0 amide bonds. The monoisotopic (exact) mass is 281 g/mol. The normalized spacial score (nSPS) is 16.9. The number of likely N-dealkylation sites (N-methyl/N-ethyl adjacent to an activating group) is 1. The molecule has 1 aliphatic rings. The zero-order valence-electron chi connectivity index (χ0n) is 12.0. The molecule has 0 aliphatic carbocycles. The van der Waals surface area contributed by atoms with Crippen LogP contribution in [0.3, 0.4) is 0 Å². The first-order valence-corrected chi connectivity index (χ1v) is 7.51. The number of piperazine rings is 1. The van der Waals surface area contributed by atoms with E-state index in [2.05, 4.69) is 41.2 Å². The van der Waals surface area contributed by atoms with Crippen LogP contribution in [-0.2, 0) is 6.54 Å². The largest absolute Gasteiger partial charge is 0.369 e. The average Bonchev–Trinajstić information content (AvgIpc) is 2.41. The van der Waals surface area contributed by atoms with E-state index in [1.165, 1.54) is 11.3 Å². The lowest BCUT2D eigenvalue weighted by Gasteiger charge is -2.35. The van der Waals surface area contributed by atoms with Crippen LogP contribution in [0.4, 0.5) is 5.69 Å². The van der Waals surface area contributed by atoms with Crippen molar-refractivity contribution < 1.29 is 0 Å². The van der Waals surface area contributed by atoms with E-state index in [0.717, 1.165) is 50.7 Å². The number of halogens is 1. The van der Waals surface area contributed by atoms with E-state index >= 15 is 0 Å². The molecule has 0 bridgehead atoms. The summed E-state index contributed by atoms with van der Waals surface area (Å²) in [4.78, 5) is 4.82. The van der Waals surface area contributed by atoms with Gasteiger partial charge >= 0.3 is 0 Å². The van der Waals surface area contributed by atoms with Gasteiger partial charge in [0.1, 0.15) is 0 Å². The topological polar surface area (TPSA) is 18.5 Å². The van der Waals surface area contributed by atoms with Crippen LogP contribution in [0.25, 0.3) is 0 Å². The molecular formula is C15H24ClN3. The highest BCUT2D eigenvalue weighted by atomic mass is 35.5. The van der Waals surface area contributed by atoms with Gasteiger partial charge in [-0.25, -0.2) is 0 Å². The molecule has 1 saturated heterocycles. The first-order valence-electron chi connectivity index (χ1n) is 7.13. The van der Waals surface area contributed by atoms with E-state index in [0.29, 0.717) is 0 Å². The highest BCUT2D eigenvalue weighted by molar-refractivity contribution is 6.30. The lowest BCUT2D eigenvalue weighted by molar-refractivity contribution is 0.312. The van der Waals surface area contributed by atoms with Gasteiger partial charge in [-0.2, -0.15) is 0 Å². The number of nitrogens with one attached hydrogen (secondary N) is 1. The van der Waals surface area contributed by atoms with Gasteiger partial charge in [-0.3, -0.25) is 0 Å². The predicted molar refractivity (Wildman–Crippen MR) is 83.2 cm³/mol. The lowest BCUT2D eigenvalue weighted by Crippen LogP contribution is -2.45. The van der Waals surface area contributed by atoms with Crippen LogP contribution in [0.15, 0.2) is 18.2 Å². The first kappa shape index (κ1) is 14.6. The molecule has 4 heteroatoms. The molecule has 0 unspecified atom stereocenters. The Morgan fingerprint density at radius 2 is 1.95 bits per heavy atom. The molecule has 0 atom stereocenters. The lowest BCUT2D eigenvalue weighted by atomic mass is 10.1. The number of nitrogens with zero attached hydrogens (tertiary/aromatic N) is 2. The molecule has 1 heterocycles. The van der Waals surface area contributed by atoms with Gasteiger partial charge in [-0.1, -0.05) is 24.6 Å². The van der Waals surface area contributed by atoms with Gasteiger partial charge in [0, 0.05) is 43.4 Å². The molecule has 1 N–H and O–H groups in total. The minimum absolute atomic E-state index is 0.827. The molecule has 1 aliphatic heterocycles. The van der Waals surface area contributed by atoms with Crippen LogP contribution in [0, 0.1) is 0 Å². The van der Waals surface area contributed by atoms with Crippen molar-refractivity contribution in [2.24, 2.45) is 0 Å². The highest BCUT2D eigenvalue weighted by Gasteiger charge is 2.17. The Morgan fingerprint density at radius 1 is 1.21 bits per heavy atom. The molecule has 19 heavy (non-hydrogen) atoms. The molecule has 0 saturated carbocycles. The van der Waals surface area contributed by atoms with E-state index in [1.807, 2.05) is 6.07 Å². The van der Waals surface area contributed by atoms with Crippen LogP contribution in [-0.4, -0.2) is 44.7 Å².